The zero-order valence-electron chi connectivity index (χ0n) is 13.3. The highest BCUT2D eigenvalue weighted by Crippen LogP contribution is 2.17. The second-order valence-electron chi connectivity index (χ2n) is 5.50. The van der Waals surface area contributed by atoms with Gasteiger partial charge in [0.25, 0.3) is 0 Å². The Labute approximate surface area is 131 Å². The molecule has 0 radical (unpaired) electrons. The minimum absolute atomic E-state index is 0.185. The number of benzene rings is 1. The lowest BCUT2D eigenvalue weighted by Crippen LogP contribution is -2.15. The van der Waals surface area contributed by atoms with E-state index in [-0.39, 0.29) is 17.8 Å². The quantitative estimate of drug-likeness (QED) is 0.673. The molecule has 0 aromatic heterocycles. The van der Waals surface area contributed by atoms with Crippen molar-refractivity contribution in [2.75, 3.05) is 13.7 Å². The molecule has 1 rings (SSSR count). The maximum absolute atomic E-state index is 11.1. The zero-order valence-corrected chi connectivity index (χ0v) is 13.3. The van der Waals surface area contributed by atoms with E-state index >= 15 is 0 Å². The summed E-state index contributed by atoms with van der Waals surface area (Å²) < 4.78 is 10.4. The average molecular weight is 307 g/mol. The first kappa shape index (κ1) is 18.0. The minimum Gasteiger partial charge on any atom is -0.493 e. The molecule has 1 atom stereocenters. The van der Waals surface area contributed by atoms with Crippen LogP contribution in [0, 0.1) is 5.92 Å². The van der Waals surface area contributed by atoms with Crippen LogP contribution in [0.5, 0.6) is 5.75 Å². The summed E-state index contributed by atoms with van der Waals surface area (Å²) in [5, 5.41) is 0. The van der Waals surface area contributed by atoms with E-state index in [1.807, 2.05) is 31.2 Å². The lowest BCUT2D eigenvalue weighted by Gasteiger charge is -2.13. The second kappa shape index (κ2) is 9.82. The number of nitrogens with two attached hydrogens (primary N) is 1. The molecule has 0 saturated heterocycles. The van der Waals surface area contributed by atoms with Gasteiger partial charge in [-0.15, -0.1) is 0 Å². The van der Waals surface area contributed by atoms with Gasteiger partial charge in [-0.25, -0.2) is 0 Å². The summed E-state index contributed by atoms with van der Waals surface area (Å²) in [7, 11) is 1.40. The third-order valence-corrected chi connectivity index (χ3v) is 3.39. The van der Waals surface area contributed by atoms with Crippen molar-refractivity contribution in [2.45, 2.75) is 39.0 Å². The van der Waals surface area contributed by atoms with Crippen LogP contribution in [0.3, 0.4) is 0 Å². The Morgan fingerprint density at radius 2 is 2.05 bits per heavy atom. The van der Waals surface area contributed by atoms with E-state index in [4.69, 9.17) is 10.5 Å². The van der Waals surface area contributed by atoms with Gasteiger partial charge in [-0.3, -0.25) is 9.59 Å². The number of amides is 1. The molecule has 2 N–H and O–H groups in total. The molecule has 122 valence electrons. The molecule has 0 saturated carbocycles. The van der Waals surface area contributed by atoms with Gasteiger partial charge in [0.2, 0.25) is 5.91 Å². The van der Waals surface area contributed by atoms with Crippen molar-refractivity contribution in [3.05, 3.63) is 29.8 Å². The van der Waals surface area contributed by atoms with E-state index in [2.05, 4.69) is 4.74 Å². The number of esters is 1. The molecule has 1 amide bonds. The van der Waals surface area contributed by atoms with Crippen LogP contribution in [0.2, 0.25) is 0 Å². The monoisotopic (exact) mass is 307 g/mol. The van der Waals surface area contributed by atoms with Crippen LogP contribution < -0.4 is 10.5 Å². The summed E-state index contributed by atoms with van der Waals surface area (Å²) in [6.07, 6.45) is 3.10. The van der Waals surface area contributed by atoms with E-state index in [0.29, 0.717) is 19.4 Å². The van der Waals surface area contributed by atoms with E-state index in [1.54, 1.807) is 0 Å². The molecule has 0 spiro atoms. The van der Waals surface area contributed by atoms with Crippen molar-refractivity contribution >= 4 is 11.9 Å². The molecule has 0 aliphatic rings. The highest BCUT2D eigenvalue weighted by atomic mass is 16.5. The van der Waals surface area contributed by atoms with Crippen LogP contribution in [0.1, 0.15) is 38.2 Å². The molecule has 1 aromatic carbocycles. The standard InChI is InChI=1S/C17H25NO4/c1-13(9-10-16(18)19)12-22-15-7-3-5-14(11-15)6-4-8-17(20)21-2/h3,5,7,11,13H,4,6,8-10,12H2,1-2H3,(H2,18,19)/t13-/m0/s1. The molecule has 0 unspecified atom stereocenters. The molecule has 0 heterocycles. The first-order valence-electron chi connectivity index (χ1n) is 7.58. The van der Waals surface area contributed by atoms with Crippen LogP contribution in [-0.4, -0.2) is 25.6 Å². The third-order valence-electron chi connectivity index (χ3n) is 3.39. The number of primary amides is 1. The number of hydrogen-bond donors (Lipinski definition) is 1. The Bertz CT molecular complexity index is 487. The number of aryl methyl sites for hydroxylation is 1. The number of methoxy groups -OCH3 is 1. The topological polar surface area (TPSA) is 78.6 Å². The molecule has 22 heavy (non-hydrogen) atoms. The summed E-state index contributed by atoms with van der Waals surface area (Å²) in [4.78, 5) is 21.8. The summed E-state index contributed by atoms with van der Waals surface area (Å²) in [6, 6.07) is 7.85. The van der Waals surface area contributed by atoms with Gasteiger partial charge < -0.3 is 15.2 Å². The fraction of sp³-hybridized carbons (Fsp3) is 0.529. The largest absolute Gasteiger partial charge is 0.493 e. The van der Waals surface area contributed by atoms with Crippen molar-refractivity contribution in [3.8, 4) is 5.75 Å². The fourth-order valence-corrected chi connectivity index (χ4v) is 2.04. The first-order chi connectivity index (χ1) is 10.5. The van der Waals surface area contributed by atoms with Gasteiger partial charge in [-0.1, -0.05) is 19.1 Å². The summed E-state index contributed by atoms with van der Waals surface area (Å²) in [5.41, 5.74) is 6.26. The molecule has 0 aliphatic carbocycles. The molecular weight excluding hydrogens is 282 g/mol. The zero-order chi connectivity index (χ0) is 16.4. The van der Waals surface area contributed by atoms with E-state index < -0.39 is 0 Å². The predicted octanol–water partition coefficient (Wildman–Crippen LogP) is 2.46. The molecular formula is C17H25NO4. The minimum atomic E-state index is -0.278. The molecule has 0 fully saturated rings. The van der Waals surface area contributed by atoms with Gasteiger partial charge in [-0.2, -0.15) is 0 Å². The van der Waals surface area contributed by atoms with E-state index in [1.165, 1.54) is 7.11 Å². The van der Waals surface area contributed by atoms with Crippen LogP contribution >= 0.6 is 0 Å². The maximum Gasteiger partial charge on any atom is 0.305 e. The predicted molar refractivity (Wildman–Crippen MR) is 84.5 cm³/mol. The fourth-order valence-electron chi connectivity index (χ4n) is 2.04. The molecule has 5 nitrogen and oxygen atoms in total. The highest BCUT2D eigenvalue weighted by Gasteiger charge is 2.06. The van der Waals surface area contributed by atoms with Gasteiger partial charge in [-0.05, 0) is 42.9 Å². The average Bonchev–Trinajstić information content (AvgIpc) is 2.51. The Morgan fingerprint density at radius 3 is 2.73 bits per heavy atom. The lowest BCUT2D eigenvalue weighted by molar-refractivity contribution is -0.140. The molecule has 5 heteroatoms. The normalized spacial score (nSPS) is 11.7. The van der Waals surface area contributed by atoms with Crippen LogP contribution in [0.15, 0.2) is 24.3 Å². The van der Waals surface area contributed by atoms with Crippen LogP contribution in [0.4, 0.5) is 0 Å². The van der Waals surface area contributed by atoms with Crippen molar-refractivity contribution in [2.24, 2.45) is 11.7 Å². The number of rotatable bonds is 10. The van der Waals surface area contributed by atoms with Crippen LogP contribution in [0.25, 0.3) is 0 Å². The van der Waals surface area contributed by atoms with Gasteiger partial charge in [0.1, 0.15) is 5.75 Å². The summed E-state index contributed by atoms with van der Waals surface area (Å²) >= 11 is 0. The third kappa shape index (κ3) is 7.67. The first-order valence-corrected chi connectivity index (χ1v) is 7.58. The van der Waals surface area contributed by atoms with Gasteiger partial charge in [0.05, 0.1) is 13.7 Å². The van der Waals surface area contributed by atoms with Crippen molar-refractivity contribution in [1.82, 2.24) is 0 Å². The molecule has 0 aliphatic heterocycles. The Hall–Kier alpha value is -2.04. The van der Waals surface area contributed by atoms with Gasteiger partial charge in [0, 0.05) is 12.8 Å². The SMILES string of the molecule is COC(=O)CCCc1cccc(OC[C@@H](C)CCC(N)=O)c1. The van der Waals surface area contributed by atoms with Crippen molar-refractivity contribution in [1.29, 1.82) is 0 Å². The second-order valence-corrected chi connectivity index (χ2v) is 5.50. The maximum atomic E-state index is 11.1. The van der Waals surface area contributed by atoms with Crippen molar-refractivity contribution in [3.63, 3.8) is 0 Å². The molecule has 0 bridgehead atoms. The van der Waals surface area contributed by atoms with Gasteiger partial charge in [0.15, 0.2) is 0 Å². The van der Waals surface area contributed by atoms with Gasteiger partial charge >= 0.3 is 5.97 Å². The summed E-state index contributed by atoms with van der Waals surface area (Å²) in [6.45, 7) is 2.59. The Morgan fingerprint density at radius 1 is 1.27 bits per heavy atom. The smallest absolute Gasteiger partial charge is 0.305 e. The highest BCUT2D eigenvalue weighted by molar-refractivity contribution is 5.73. The van der Waals surface area contributed by atoms with Crippen LogP contribution in [-0.2, 0) is 20.7 Å². The summed E-state index contributed by atoms with van der Waals surface area (Å²) in [5.74, 6) is 0.618. The number of carbonyl (C=O) groups excluding carboxylic acids is 2. The number of ether oxygens (including phenoxy) is 2. The van der Waals surface area contributed by atoms with Crippen molar-refractivity contribution < 1.29 is 19.1 Å². The van der Waals surface area contributed by atoms with E-state index in [9.17, 15) is 9.59 Å². The number of carbonyl (C=O) groups is 2. The Balaban J connectivity index is 2.37. The Kier molecular flexibility index (Phi) is 8.04. The van der Waals surface area contributed by atoms with E-state index in [0.717, 1.165) is 30.6 Å². The lowest BCUT2D eigenvalue weighted by atomic mass is 10.1. The molecule has 1 aromatic rings. The number of hydrogen-bond acceptors (Lipinski definition) is 4.